The van der Waals surface area contributed by atoms with Crippen molar-refractivity contribution in [2.45, 2.75) is 12.5 Å². The van der Waals surface area contributed by atoms with Gasteiger partial charge >= 0.3 is 0 Å². The molecular weight excluding hydrogens is 374 g/mol. The highest BCUT2D eigenvalue weighted by atomic mass is 32.1. The number of ether oxygens (including phenoxy) is 2. The fourth-order valence-corrected chi connectivity index (χ4v) is 4.43. The summed E-state index contributed by atoms with van der Waals surface area (Å²) in [6.07, 6.45) is 5.64. The average molecular weight is 395 g/mol. The highest BCUT2D eigenvalue weighted by molar-refractivity contribution is 7.10. The molecule has 3 heterocycles. The van der Waals surface area contributed by atoms with Crippen molar-refractivity contribution in [2.75, 3.05) is 20.8 Å². The largest absolute Gasteiger partial charge is 0.493 e. The summed E-state index contributed by atoms with van der Waals surface area (Å²) in [5.41, 5.74) is 2.25. The van der Waals surface area contributed by atoms with Crippen molar-refractivity contribution >= 4 is 23.3 Å². The van der Waals surface area contributed by atoms with Gasteiger partial charge in [-0.15, -0.1) is 11.3 Å². The van der Waals surface area contributed by atoms with Gasteiger partial charge in [-0.25, -0.2) is 0 Å². The molecular formula is C22H21NO4S. The van der Waals surface area contributed by atoms with Crippen LogP contribution in [0.5, 0.6) is 11.5 Å². The van der Waals surface area contributed by atoms with E-state index < -0.39 is 0 Å². The first-order valence-electron chi connectivity index (χ1n) is 9.01. The summed E-state index contributed by atoms with van der Waals surface area (Å²) in [6, 6.07) is 11.6. The molecule has 0 N–H and O–H groups in total. The predicted octanol–water partition coefficient (Wildman–Crippen LogP) is 4.55. The van der Waals surface area contributed by atoms with Crippen molar-refractivity contribution in [3.05, 3.63) is 75.9 Å². The highest BCUT2D eigenvalue weighted by Gasteiger charge is 2.33. The molecule has 1 aliphatic rings. The molecule has 0 saturated heterocycles. The number of nitrogens with zero attached hydrogens (tertiary/aromatic N) is 1. The molecule has 5 nitrogen and oxygen atoms in total. The minimum Gasteiger partial charge on any atom is -0.493 e. The topological polar surface area (TPSA) is 51.9 Å². The molecule has 144 valence electrons. The van der Waals surface area contributed by atoms with E-state index >= 15 is 0 Å². The maximum atomic E-state index is 13.0. The lowest BCUT2D eigenvalue weighted by Crippen LogP contribution is -2.39. The fraction of sp³-hybridized carbons (Fsp3) is 0.227. The Hall–Kier alpha value is -2.99. The van der Waals surface area contributed by atoms with Gasteiger partial charge in [-0.2, -0.15) is 0 Å². The van der Waals surface area contributed by atoms with Crippen LogP contribution in [0, 0.1) is 0 Å². The molecule has 3 aromatic rings. The Morgan fingerprint density at radius 1 is 1.21 bits per heavy atom. The quantitative estimate of drug-likeness (QED) is 0.595. The zero-order valence-corrected chi connectivity index (χ0v) is 16.6. The summed E-state index contributed by atoms with van der Waals surface area (Å²) in [5, 5.41) is 2.03. The van der Waals surface area contributed by atoms with Crippen molar-refractivity contribution in [3.8, 4) is 11.5 Å². The minimum absolute atomic E-state index is 0.0461. The molecule has 1 atom stereocenters. The molecule has 0 unspecified atom stereocenters. The molecule has 28 heavy (non-hydrogen) atoms. The third-order valence-corrected chi connectivity index (χ3v) is 5.83. The van der Waals surface area contributed by atoms with Crippen molar-refractivity contribution in [3.63, 3.8) is 0 Å². The number of carbonyl (C=O) groups excluding carboxylic acids is 1. The average Bonchev–Trinajstić information content (AvgIpc) is 3.44. The van der Waals surface area contributed by atoms with Gasteiger partial charge in [0.2, 0.25) is 5.91 Å². The minimum atomic E-state index is -0.155. The first-order valence-corrected chi connectivity index (χ1v) is 9.89. The van der Waals surface area contributed by atoms with Gasteiger partial charge in [-0.3, -0.25) is 4.79 Å². The first kappa shape index (κ1) is 18.4. The fourth-order valence-electron chi connectivity index (χ4n) is 3.57. The number of hydrogen-bond donors (Lipinski definition) is 0. The summed E-state index contributed by atoms with van der Waals surface area (Å²) in [4.78, 5) is 16.1. The molecule has 1 amide bonds. The second kappa shape index (κ2) is 7.94. The van der Waals surface area contributed by atoms with E-state index in [4.69, 9.17) is 13.9 Å². The molecule has 6 heteroatoms. The Morgan fingerprint density at radius 3 is 2.71 bits per heavy atom. The monoisotopic (exact) mass is 395 g/mol. The van der Waals surface area contributed by atoms with Crippen LogP contribution in [0.2, 0.25) is 0 Å². The molecule has 0 saturated carbocycles. The van der Waals surface area contributed by atoms with Crippen LogP contribution in [-0.4, -0.2) is 31.6 Å². The number of furan rings is 1. The van der Waals surface area contributed by atoms with Gasteiger partial charge in [0.25, 0.3) is 0 Å². The van der Waals surface area contributed by atoms with Crippen LogP contribution in [0.3, 0.4) is 0 Å². The van der Waals surface area contributed by atoms with Gasteiger partial charge in [0.15, 0.2) is 11.5 Å². The maximum absolute atomic E-state index is 13.0. The lowest BCUT2D eigenvalue weighted by molar-refractivity contribution is -0.127. The lowest BCUT2D eigenvalue weighted by Gasteiger charge is -2.37. The molecule has 0 spiro atoms. The highest BCUT2D eigenvalue weighted by Crippen LogP contribution is 2.42. The van der Waals surface area contributed by atoms with Crippen molar-refractivity contribution in [2.24, 2.45) is 0 Å². The normalized spacial score (nSPS) is 16.2. The Balaban J connectivity index is 1.73. The zero-order valence-electron chi connectivity index (χ0n) is 15.8. The zero-order chi connectivity index (χ0) is 19.5. The van der Waals surface area contributed by atoms with Gasteiger partial charge in [-0.05, 0) is 59.3 Å². The summed E-state index contributed by atoms with van der Waals surface area (Å²) in [5.74, 6) is 1.99. The number of thiophene rings is 1. The van der Waals surface area contributed by atoms with Gasteiger partial charge in [0.05, 0.1) is 26.5 Å². The number of fused-ring (bicyclic) bond motifs is 1. The summed E-state index contributed by atoms with van der Waals surface area (Å²) in [6.45, 7) is 0.631. The number of hydrogen-bond acceptors (Lipinski definition) is 5. The van der Waals surface area contributed by atoms with Crippen LogP contribution in [0.25, 0.3) is 6.08 Å². The molecule has 0 bridgehead atoms. The van der Waals surface area contributed by atoms with Crippen LogP contribution >= 0.6 is 11.3 Å². The molecule has 2 aromatic heterocycles. The van der Waals surface area contributed by atoms with Crippen molar-refractivity contribution in [1.29, 1.82) is 0 Å². The molecule has 1 aromatic carbocycles. The Labute approximate surface area is 167 Å². The molecule has 0 radical (unpaired) electrons. The Kier molecular flexibility index (Phi) is 5.21. The second-order valence-electron chi connectivity index (χ2n) is 6.45. The molecule has 0 aliphatic carbocycles. The van der Waals surface area contributed by atoms with Gasteiger partial charge < -0.3 is 18.8 Å². The SMILES string of the molecule is COc1cc2c(cc1OC)[C@@H](c1cccs1)N(C(=O)/C=C/c1ccco1)CC2. The van der Waals surface area contributed by atoms with Crippen LogP contribution in [-0.2, 0) is 11.2 Å². The summed E-state index contributed by atoms with van der Waals surface area (Å²) >= 11 is 1.64. The van der Waals surface area contributed by atoms with E-state index in [1.807, 2.05) is 34.5 Å². The second-order valence-corrected chi connectivity index (χ2v) is 7.43. The number of methoxy groups -OCH3 is 2. The first-order chi connectivity index (χ1) is 13.7. The lowest BCUT2D eigenvalue weighted by atomic mass is 9.90. The van der Waals surface area contributed by atoms with Crippen molar-refractivity contribution < 1.29 is 18.7 Å². The summed E-state index contributed by atoms with van der Waals surface area (Å²) in [7, 11) is 3.27. The number of carbonyl (C=O) groups is 1. The standard InChI is InChI=1S/C22H21NO4S/c1-25-18-13-15-9-10-23(21(24)8-7-16-5-3-11-27-16)22(20-6-4-12-28-20)17(15)14-19(18)26-2/h3-8,11-14,22H,9-10H2,1-2H3/b8-7+/t22-/m0/s1. The van der Waals surface area contributed by atoms with Gasteiger partial charge in [-0.1, -0.05) is 6.07 Å². The van der Waals surface area contributed by atoms with Gasteiger partial charge in [0.1, 0.15) is 5.76 Å². The third-order valence-electron chi connectivity index (χ3n) is 4.90. The van der Waals surface area contributed by atoms with Crippen LogP contribution in [0.1, 0.15) is 27.8 Å². The van der Waals surface area contributed by atoms with E-state index in [1.54, 1.807) is 50.0 Å². The van der Waals surface area contributed by atoms with E-state index in [9.17, 15) is 4.79 Å². The van der Waals surface area contributed by atoms with Crippen molar-refractivity contribution in [1.82, 2.24) is 4.90 Å². The molecule has 0 fully saturated rings. The number of rotatable bonds is 5. The third kappa shape index (κ3) is 3.43. The van der Waals surface area contributed by atoms with E-state index in [0.29, 0.717) is 23.8 Å². The van der Waals surface area contributed by atoms with E-state index in [1.165, 1.54) is 5.56 Å². The number of benzene rings is 1. The van der Waals surface area contributed by atoms with Crippen LogP contribution < -0.4 is 9.47 Å². The van der Waals surface area contributed by atoms with Crippen LogP contribution in [0.15, 0.2) is 58.5 Å². The maximum Gasteiger partial charge on any atom is 0.247 e. The Bertz CT molecular complexity index is 976. The predicted molar refractivity (Wildman–Crippen MR) is 109 cm³/mol. The van der Waals surface area contributed by atoms with E-state index in [2.05, 4.69) is 6.07 Å². The van der Waals surface area contributed by atoms with Gasteiger partial charge in [0, 0.05) is 17.5 Å². The molecule has 1 aliphatic heterocycles. The summed E-state index contributed by atoms with van der Waals surface area (Å²) < 4.78 is 16.3. The molecule has 4 rings (SSSR count). The van der Waals surface area contributed by atoms with E-state index in [-0.39, 0.29) is 11.9 Å². The smallest absolute Gasteiger partial charge is 0.247 e. The van der Waals surface area contributed by atoms with Crippen LogP contribution in [0.4, 0.5) is 0 Å². The number of amides is 1. The van der Waals surface area contributed by atoms with E-state index in [0.717, 1.165) is 16.9 Å². The Morgan fingerprint density at radius 2 is 2.04 bits per heavy atom.